The number of carboxylic acids is 1. The molecule has 0 bridgehead atoms. The van der Waals surface area contributed by atoms with Crippen LogP contribution < -0.4 is 0 Å². The third-order valence-electron chi connectivity index (χ3n) is 3.83. The van der Waals surface area contributed by atoms with Gasteiger partial charge >= 0.3 is 12.1 Å². The number of hydrogen-bond donors (Lipinski definition) is 1. The summed E-state index contributed by atoms with van der Waals surface area (Å²) in [6.45, 7) is 1.61. The average molecular weight is 272 g/mol. The Balaban J connectivity index is 2.34. The Bertz CT molecular complexity index is 494. The van der Waals surface area contributed by atoms with E-state index in [1.807, 2.05) is 0 Å². The first-order chi connectivity index (χ1) is 8.80. The molecule has 1 aliphatic carbocycles. The number of aliphatic carboxylic acids is 1. The molecular formula is C14H15F3O2. The van der Waals surface area contributed by atoms with Crippen molar-refractivity contribution in [2.24, 2.45) is 5.92 Å². The standard InChI is InChI=1S/C14H15F3O2/c1-8-7-9(14(15,16)17)5-6-10(8)11-3-2-4-12(11)13(18)19/h5-7,11-12H,2-4H2,1H3,(H,18,19). The van der Waals surface area contributed by atoms with E-state index in [2.05, 4.69) is 0 Å². The van der Waals surface area contributed by atoms with E-state index in [4.69, 9.17) is 5.11 Å². The van der Waals surface area contributed by atoms with Crippen LogP contribution in [0.3, 0.4) is 0 Å². The molecule has 1 saturated carbocycles. The molecule has 2 unspecified atom stereocenters. The molecule has 1 N–H and O–H groups in total. The third kappa shape index (κ3) is 2.74. The second kappa shape index (κ2) is 4.87. The molecule has 2 nitrogen and oxygen atoms in total. The van der Waals surface area contributed by atoms with Crippen LogP contribution in [0.2, 0.25) is 0 Å². The SMILES string of the molecule is Cc1cc(C(F)(F)F)ccc1C1CCCC1C(=O)O. The van der Waals surface area contributed by atoms with Crippen molar-refractivity contribution in [1.82, 2.24) is 0 Å². The van der Waals surface area contributed by atoms with E-state index in [-0.39, 0.29) is 5.92 Å². The minimum absolute atomic E-state index is 0.167. The number of benzene rings is 1. The highest BCUT2D eigenvalue weighted by Gasteiger charge is 2.36. The maximum absolute atomic E-state index is 12.6. The van der Waals surface area contributed by atoms with Gasteiger partial charge in [-0.25, -0.2) is 0 Å². The zero-order valence-electron chi connectivity index (χ0n) is 10.5. The summed E-state index contributed by atoms with van der Waals surface area (Å²) in [5.74, 6) is -1.50. The Hall–Kier alpha value is -1.52. The van der Waals surface area contributed by atoms with Crippen molar-refractivity contribution < 1.29 is 23.1 Å². The van der Waals surface area contributed by atoms with Crippen LogP contribution in [0.4, 0.5) is 13.2 Å². The fourth-order valence-electron chi connectivity index (χ4n) is 2.90. The summed E-state index contributed by atoms with van der Waals surface area (Å²) in [6, 6.07) is 3.58. The van der Waals surface area contributed by atoms with Gasteiger partial charge in [-0.2, -0.15) is 13.2 Å². The van der Waals surface area contributed by atoms with Gasteiger partial charge in [0.05, 0.1) is 11.5 Å². The van der Waals surface area contributed by atoms with Crippen LogP contribution in [0, 0.1) is 12.8 Å². The number of alkyl halides is 3. The lowest BCUT2D eigenvalue weighted by Gasteiger charge is -2.19. The summed E-state index contributed by atoms with van der Waals surface area (Å²) in [5, 5.41) is 9.14. The Labute approximate surface area is 109 Å². The molecule has 1 aromatic rings. The molecule has 0 aromatic heterocycles. The molecule has 0 saturated heterocycles. The van der Waals surface area contributed by atoms with Gasteiger partial charge in [0.2, 0.25) is 0 Å². The smallest absolute Gasteiger partial charge is 0.416 e. The van der Waals surface area contributed by atoms with Crippen LogP contribution in [0.1, 0.15) is 41.9 Å². The molecular weight excluding hydrogens is 257 g/mol. The van der Waals surface area contributed by atoms with Crippen molar-refractivity contribution in [3.05, 3.63) is 34.9 Å². The normalized spacial score (nSPS) is 23.6. The van der Waals surface area contributed by atoms with Crippen LogP contribution in [0.15, 0.2) is 18.2 Å². The van der Waals surface area contributed by atoms with E-state index in [0.717, 1.165) is 30.5 Å². The largest absolute Gasteiger partial charge is 0.481 e. The molecule has 5 heteroatoms. The minimum Gasteiger partial charge on any atom is -0.481 e. The number of carboxylic acid groups (broad SMARTS) is 1. The van der Waals surface area contributed by atoms with Crippen LogP contribution in [-0.2, 0) is 11.0 Å². The number of rotatable bonds is 2. The maximum atomic E-state index is 12.6. The first-order valence-electron chi connectivity index (χ1n) is 6.21. The Kier molecular flexibility index (Phi) is 3.56. The quantitative estimate of drug-likeness (QED) is 0.884. The van der Waals surface area contributed by atoms with Gasteiger partial charge in [0, 0.05) is 0 Å². The Morgan fingerprint density at radius 2 is 2.00 bits per heavy atom. The van der Waals surface area contributed by atoms with Crippen molar-refractivity contribution in [3.8, 4) is 0 Å². The van der Waals surface area contributed by atoms with Crippen molar-refractivity contribution in [2.45, 2.75) is 38.3 Å². The number of carbonyl (C=O) groups is 1. The summed E-state index contributed by atoms with van der Waals surface area (Å²) < 4.78 is 37.8. The summed E-state index contributed by atoms with van der Waals surface area (Å²) in [4.78, 5) is 11.1. The first kappa shape index (κ1) is 13.9. The lowest BCUT2D eigenvalue weighted by molar-refractivity contribution is -0.142. The number of halogens is 3. The van der Waals surface area contributed by atoms with Crippen LogP contribution >= 0.6 is 0 Å². The van der Waals surface area contributed by atoms with E-state index in [9.17, 15) is 18.0 Å². The average Bonchev–Trinajstić information content (AvgIpc) is 2.76. The van der Waals surface area contributed by atoms with Gasteiger partial charge in [0.25, 0.3) is 0 Å². The predicted octanol–water partition coefficient (Wildman–Crippen LogP) is 3.98. The third-order valence-corrected chi connectivity index (χ3v) is 3.83. The highest BCUT2D eigenvalue weighted by molar-refractivity contribution is 5.72. The Morgan fingerprint density at radius 3 is 2.53 bits per heavy atom. The van der Waals surface area contributed by atoms with Gasteiger partial charge in [0.1, 0.15) is 0 Å². The molecule has 0 aliphatic heterocycles. The van der Waals surface area contributed by atoms with E-state index in [1.54, 1.807) is 6.92 Å². The predicted molar refractivity (Wildman–Crippen MR) is 63.9 cm³/mol. The zero-order valence-corrected chi connectivity index (χ0v) is 10.5. The van der Waals surface area contributed by atoms with Gasteiger partial charge in [0.15, 0.2) is 0 Å². The monoisotopic (exact) mass is 272 g/mol. The second-order valence-corrected chi connectivity index (χ2v) is 5.05. The lowest BCUT2D eigenvalue weighted by atomic mass is 9.86. The van der Waals surface area contributed by atoms with Crippen molar-refractivity contribution in [3.63, 3.8) is 0 Å². The molecule has 0 radical (unpaired) electrons. The molecule has 1 fully saturated rings. The van der Waals surface area contributed by atoms with Gasteiger partial charge in [-0.3, -0.25) is 4.79 Å². The van der Waals surface area contributed by atoms with Crippen molar-refractivity contribution in [2.75, 3.05) is 0 Å². The highest BCUT2D eigenvalue weighted by Crippen LogP contribution is 2.42. The lowest BCUT2D eigenvalue weighted by Crippen LogP contribution is -2.18. The molecule has 104 valence electrons. The van der Waals surface area contributed by atoms with E-state index in [0.29, 0.717) is 12.0 Å². The zero-order chi connectivity index (χ0) is 14.2. The van der Waals surface area contributed by atoms with E-state index in [1.165, 1.54) is 6.07 Å². The molecule has 0 spiro atoms. The van der Waals surface area contributed by atoms with E-state index < -0.39 is 23.6 Å². The van der Waals surface area contributed by atoms with Gasteiger partial charge in [-0.1, -0.05) is 12.5 Å². The first-order valence-corrected chi connectivity index (χ1v) is 6.21. The maximum Gasteiger partial charge on any atom is 0.416 e. The van der Waals surface area contributed by atoms with Gasteiger partial charge in [-0.05, 0) is 48.9 Å². The topological polar surface area (TPSA) is 37.3 Å². The summed E-state index contributed by atoms with van der Waals surface area (Å²) in [5.41, 5.74) is 0.574. The van der Waals surface area contributed by atoms with Crippen molar-refractivity contribution in [1.29, 1.82) is 0 Å². The second-order valence-electron chi connectivity index (χ2n) is 5.05. The highest BCUT2D eigenvalue weighted by atomic mass is 19.4. The molecule has 19 heavy (non-hydrogen) atoms. The molecule has 0 heterocycles. The molecule has 1 aliphatic rings. The van der Waals surface area contributed by atoms with Crippen LogP contribution in [-0.4, -0.2) is 11.1 Å². The number of aryl methyl sites for hydroxylation is 1. The number of hydrogen-bond acceptors (Lipinski definition) is 1. The summed E-state index contributed by atoms with van der Waals surface area (Å²) in [6.07, 6.45) is -2.23. The van der Waals surface area contributed by atoms with Crippen molar-refractivity contribution >= 4 is 5.97 Å². The van der Waals surface area contributed by atoms with Crippen LogP contribution in [0.25, 0.3) is 0 Å². The van der Waals surface area contributed by atoms with Gasteiger partial charge < -0.3 is 5.11 Å². The van der Waals surface area contributed by atoms with Crippen LogP contribution in [0.5, 0.6) is 0 Å². The fraction of sp³-hybridized carbons (Fsp3) is 0.500. The summed E-state index contributed by atoms with van der Waals surface area (Å²) in [7, 11) is 0. The fourth-order valence-corrected chi connectivity index (χ4v) is 2.90. The van der Waals surface area contributed by atoms with Gasteiger partial charge in [-0.15, -0.1) is 0 Å². The minimum atomic E-state index is -4.36. The molecule has 0 amide bonds. The Morgan fingerprint density at radius 1 is 1.32 bits per heavy atom. The molecule has 1 aromatic carbocycles. The summed E-state index contributed by atoms with van der Waals surface area (Å²) >= 11 is 0. The molecule has 2 atom stereocenters. The van der Waals surface area contributed by atoms with E-state index >= 15 is 0 Å². The molecule has 2 rings (SSSR count).